The summed E-state index contributed by atoms with van der Waals surface area (Å²) in [5, 5.41) is 18.2. The number of alkyl halides is 12. The van der Waals surface area contributed by atoms with Gasteiger partial charge in [-0.2, -0.15) is 63.2 Å². The summed E-state index contributed by atoms with van der Waals surface area (Å²) in [6.45, 7) is 1.68. The van der Waals surface area contributed by atoms with Crippen LogP contribution in [0.25, 0.3) is 0 Å². The Hall–Kier alpha value is -4.69. The topological polar surface area (TPSA) is 121 Å². The van der Waals surface area contributed by atoms with Crippen molar-refractivity contribution in [2.75, 3.05) is 13.1 Å². The van der Waals surface area contributed by atoms with E-state index in [9.17, 15) is 57.5 Å². The minimum atomic E-state index is -5.39. The smallest absolute Gasteiger partial charge is 0.433 e. The summed E-state index contributed by atoms with van der Waals surface area (Å²) in [5.41, 5.74) is -6.41. The monoisotopic (exact) mass is 709 g/mol. The summed E-state index contributed by atoms with van der Waals surface area (Å²) in [7, 11) is 0. The number of nitrogens with zero attached hydrogens (tertiary/aromatic N) is 5. The highest BCUT2D eigenvalue weighted by Crippen LogP contribution is 2.35. The van der Waals surface area contributed by atoms with Crippen molar-refractivity contribution in [3.8, 4) is 23.9 Å². The molecule has 0 aliphatic carbocycles. The third-order valence-corrected chi connectivity index (χ3v) is 5.75. The summed E-state index contributed by atoms with van der Waals surface area (Å²) >= 11 is 0. The van der Waals surface area contributed by atoms with Crippen molar-refractivity contribution in [1.82, 2.24) is 14.9 Å². The fourth-order valence-electron chi connectivity index (χ4n) is 3.56. The van der Waals surface area contributed by atoms with Crippen LogP contribution in [0.15, 0.2) is 24.3 Å². The van der Waals surface area contributed by atoms with Gasteiger partial charge in [-0.25, -0.2) is 14.8 Å². The Morgan fingerprint density at radius 3 is 1.33 bits per heavy atom. The summed E-state index contributed by atoms with van der Waals surface area (Å²) in [5.74, 6) is -2.74. The van der Waals surface area contributed by atoms with Gasteiger partial charge in [-0.3, -0.25) is 0 Å². The molecule has 0 N–H and O–H groups in total. The lowest BCUT2D eigenvalue weighted by molar-refractivity contribution is -0.200. The molecule has 2 heterocycles. The van der Waals surface area contributed by atoms with Crippen molar-refractivity contribution in [3.05, 3.63) is 46.8 Å². The summed E-state index contributed by atoms with van der Waals surface area (Å²) in [6.07, 6.45) is -31.3. The molecule has 0 saturated carbocycles. The molecule has 1 amide bonds. The molecule has 2 aromatic heterocycles. The highest BCUT2D eigenvalue weighted by molar-refractivity contribution is 5.68. The van der Waals surface area contributed by atoms with E-state index >= 15 is 0 Å². The van der Waals surface area contributed by atoms with Gasteiger partial charge in [-0.05, 0) is 45.0 Å². The van der Waals surface area contributed by atoms with Crippen LogP contribution in [0.5, 0.6) is 11.8 Å². The summed E-state index contributed by atoms with van der Waals surface area (Å²) < 4.78 is 176. The van der Waals surface area contributed by atoms with Crippen LogP contribution in [-0.4, -0.2) is 64.2 Å². The molecule has 9 nitrogen and oxygen atoms in total. The first kappa shape index (κ1) is 39.5. The van der Waals surface area contributed by atoms with Gasteiger partial charge in [-0.15, -0.1) is 0 Å². The van der Waals surface area contributed by atoms with E-state index in [-0.39, 0.29) is 0 Å². The van der Waals surface area contributed by atoms with Gasteiger partial charge in [0.2, 0.25) is 11.8 Å². The predicted molar refractivity (Wildman–Crippen MR) is 136 cm³/mol. The molecule has 2 aromatic rings. The molecule has 0 bridgehead atoms. The number of hydrogen-bond donors (Lipinski definition) is 0. The quantitative estimate of drug-likeness (QED) is 0.232. The average Bonchev–Trinajstić information content (AvgIpc) is 2.92. The molecule has 0 spiro atoms. The second-order valence-electron chi connectivity index (χ2n) is 10.7. The molecule has 48 heavy (non-hydrogen) atoms. The zero-order valence-electron chi connectivity index (χ0n) is 24.7. The number of nitriles is 2. The lowest BCUT2D eigenvalue weighted by Gasteiger charge is -2.31. The van der Waals surface area contributed by atoms with Crippen LogP contribution in [0, 0.1) is 22.7 Å². The van der Waals surface area contributed by atoms with E-state index in [0.717, 1.165) is 0 Å². The van der Waals surface area contributed by atoms with Crippen molar-refractivity contribution >= 4 is 6.09 Å². The number of halogens is 12. The number of pyridine rings is 2. The molecule has 0 aliphatic heterocycles. The van der Waals surface area contributed by atoms with Crippen LogP contribution >= 0.6 is 0 Å². The number of carbonyl (C=O) groups excluding carboxylic acids is 1. The first-order chi connectivity index (χ1) is 21.8. The van der Waals surface area contributed by atoms with Gasteiger partial charge in [0.05, 0.1) is 0 Å². The highest BCUT2D eigenvalue weighted by Gasteiger charge is 2.45. The molecule has 0 aromatic carbocycles. The van der Waals surface area contributed by atoms with E-state index in [1.54, 1.807) is 0 Å². The van der Waals surface area contributed by atoms with Gasteiger partial charge in [0.15, 0.2) is 12.2 Å². The van der Waals surface area contributed by atoms with E-state index in [2.05, 4.69) is 19.4 Å². The van der Waals surface area contributed by atoms with Gasteiger partial charge in [0.1, 0.15) is 40.3 Å². The predicted octanol–water partition coefficient (Wildman–Crippen LogP) is 7.59. The third-order valence-electron chi connectivity index (χ3n) is 5.75. The van der Waals surface area contributed by atoms with E-state index in [1.807, 2.05) is 0 Å². The van der Waals surface area contributed by atoms with Crippen LogP contribution in [0.2, 0.25) is 0 Å². The average molecular weight is 709 g/mol. The Kier molecular flexibility index (Phi) is 12.0. The molecule has 2 unspecified atom stereocenters. The van der Waals surface area contributed by atoms with E-state index in [0.29, 0.717) is 29.2 Å². The molecule has 2 rings (SSSR count). The molecule has 0 fully saturated rings. The van der Waals surface area contributed by atoms with E-state index in [4.69, 9.17) is 15.3 Å². The molecule has 0 aliphatic rings. The zero-order valence-corrected chi connectivity index (χ0v) is 24.7. The highest BCUT2D eigenvalue weighted by atomic mass is 19.4. The first-order valence-electron chi connectivity index (χ1n) is 13.2. The van der Waals surface area contributed by atoms with Gasteiger partial charge in [-0.1, -0.05) is 0 Å². The zero-order chi connectivity index (χ0) is 36.9. The van der Waals surface area contributed by atoms with Gasteiger partial charge in [0.25, 0.3) is 0 Å². The summed E-state index contributed by atoms with van der Waals surface area (Å²) in [4.78, 5) is 19.0. The molecule has 0 saturated heterocycles. The molecule has 0 radical (unpaired) electrons. The lowest BCUT2D eigenvalue weighted by atomic mass is 10.2. The lowest BCUT2D eigenvalue weighted by Crippen LogP contribution is -2.44. The van der Waals surface area contributed by atoms with Crippen molar-refractivity contribution in [2.24, 2.45) is 0 Å². The molecular weight excluding hydrogens is 686 g/mol. The van der Waals surface area contributed by atoms with Crippen LogP contribution < -0.4 is 9.47 Å². The van der Waals surface area contributed by atoms with Crippen molar-refractivity contribution in [2.45, 2.75) is 76.1 Å². The second-order valence-corrected chi connectivity index (χ2v) is 10.7. The second kappa shape index (κ2) is 14.6. The van der Waals surface area contributed by atoms with Crippen LogP contribution in [0.4, 0.5) is 57.5 Å². The van der Waals surface area contributed by atoms with Crippen molar-refractivity contribution in [3.63, 3.8) is 0 Å². The Balaban J connectivity index is 2.41. The largest absolute Gasteiger partial charge is 0.464 e. The van der Waals surface area contributed by atoms with Crippen LogP contribution in [-0.2, 0) is 17.1 Å². The Morgan fingerprint density at radius 2 is 1.06 bits per heavy atom. The maximum Gasteiger partial charge on any atom is 0.433 e. The fraction of sp³-hybridized carbons (Fsp3) is 0.519. The fourth-order valence-corrected chi connectivity index (χ4v) is 3.56. The molecule has 264 valence electrons. The molecular formula is C27H23F12N5O4. The van der Waals surface area contributed by atoms with Gasteiger partial charge in [0, 0.05) is 25.9 Å². The van der Waals surface area contributed by atoms with Crippen molar-refractivity contribution < 1.29 is 71.7 Å². The van der Waals surface area contributed by atoms with Crippen LogP contribution in [0.3, 0.4) is 0 Å². The molecule has 2 atom stereocenters. The maximum absolute atomic E-state index is 13.9. The number of carbonyl (C=O) groups is 1. The number of hydrogen-bond acceptors (Lipinski definition) is 8. The molecule has 21 heteroatoms. The van der Waals surface area contributed by atoms with Crippen LogP contribution in [0.1, 0.15) is 56.1 Å². The third kappa shape index (κ3) is 11.5. The summed E-state index contributed by atoms with van der Waals surface area (Å²) in [6, 6.07) is 4.25. The number of aromatic nitrogens is 2. The minimum Gasteiger partial charge on any atom is -0.464 e. The number of amides is 1. The Labute approximate surface area is 263 Å². The van der Waals surface area contributed by atoms with Crippen molar-refractivity contribution in [1.29, 1.82) is 10.5 Å². The number of rotatable bonds is 10. The Bertz CT molecular complexity index is 1420. The maximum atomic E-state index is 13.9. The van der Waals surface area contributed by atoms with E-state index in [1.165, 1.54) is 32.9 Å². The Morgan fingerprint density at radius 1 is 0.708 bits per heavy atom. The van der Waals surface area contributed by atoms with Gasteiger partial charge < -0.3 is 19.1 Å². The first-order valence-corrected chi connectivity index (χ1v) is 13.2. The normalized spacial score (nSPS) is 13.9. The minimum absolute atomic E-state index is 0.311. The standard InChI is InChI=1S/C27H23F12N5O4/c1-23(2,3)48-22(45)44(10-8-18(26(34,35)36)46-20-14(12-40)4-6-16(42-20)24(28,29)30)11-9-19(27(37,38)39)47-21-15(13-41)5-7-17(43-21)25(31,32)33/h4-7,18-19H,8-11H2,1-3H3. The van der Waals surface area contributed by atoms with Gasteiger partial charge >= 0.3 is 30.8 Å². The number of ether oxygens (including phenoxy) is 3. The SMILES string of the molecule is CC(C)(C)OC(=O)N(CCC(Oc1nc(C(F)(F)F)ccc1C#N)C(F)(F)F)CCC(Oc1nc(C(F)(F)F)ccc1C#N)C(F)(F)F. The van der Waals surface area contributed by atoms with E-state index < -0.39 is 109 Å².